The molecule has 2 aromatic carbocycles. The van der Waals surface area contributed by atoms with Crippen LogP contribution in [0.25, 0.3) is 0 Å². The number of carbonyl (C=O) groups is 2. The largest absolute Gasteiger partial charge is 0.353 e. The van der Waals surface area contributed by atoms with E-state index < -0.39 is 5.82 Å². The average molecular weight is 436 g/mol. The monoisotopic (exact) mass is 435 g/mol. The number of unbranched alkanes of at least 4 members (excludes halogenated alkanes) is 1. The van der Waals surface area contributed by atoms with Crippen molar-refractivity contribution < 1.29 is 14.0 Å². The van der Waals surface area contributed by atoms with E-state index in [0.717, 1.165) is 24.1 Å². The standard InChI is InChI=1S/C26H30FN3O2/c1-3-4-17-29(26(32)22-12-14-23(27)15-13-22)20-25(31)30(18-21-9-6-5-7-10-21)19-24-11-8-16-28(24)2/h5-16H,3-4,17-20H2,1-2H3. The minimum Gasteiger partial charge on any atom is -0.353 e. The first-order chi connectivity index (χ1) is 15.5. The Balaban J connectivity index is 1.80. The first-order valence-corrected chi connectivity index (χ1v) is 10.9. The van der Waals surface area contributed by atoms with E-state index in [1.807, 2.05) is 67.2 Å². The molecule has 0 fully saturated rings. The van der Waals surface area contributed by atoms with Crippen molar-refractivity contribution in [1.82, 2.24) is 14.4 Å². The Labute approximate surface area is 189 Å². The summed E-state index contributed by atoms with van der Waals surface area (Å²) in [5, 5.41) is 0. The number of hydrogen-bond donors (Lipinski definition) is 0. The van der Waals surface area contributed by atoms with Crippen molar-refractivity contribution >= 4 is 11.8 Å². The number of nitrogens with zero attached hydrogens (tertiary/aromatic N) is 3. The van der Waals surface area contributed by atoms with E-state index in [0.29, 0.717) is 25.2 Å². The molecule has 0 aliphatic carbocycles. The van der Waals surface area contributed by atoms with Gasteiger partial charge in [-0.15, -0.1) is 0 Å². The van der Waals surface area contributed by atoms with Gasteiger partial charge in [0.15, 0.2) is 0 Å². The third kappa shape index (κ3) is 6.30. The molecule has 1 heterocycles. The van der Waals surface area contributed by atoms with Crippen molar-refractivity contribution in [3.63, 3.8) is 0 Å². The van der Waals surface area contributed by atoms with Crippen molar-refractivity contribution in [2.75, 3.05) is 13.1 Å². The number of rotatable bonds is 10. The highest BCUT2D eigenvalue weighted by molar-refractivity contribution is 5.96. The third-order valence-corrected chi connectivity index (χ3v) is 5.46. The van der Waals surface area contributed by atoms with Crippen LogP contribution in [0, 0.1) is 5.82 Å². The number of aromatic nitrogens is 1. The zero-order valence-electron chi connectivity index (χ0n) is 18.7. The predicted molar refractivity (Wildman–Crippen MR) is 123 cm³/mol. The summed E-state index contributed by atoms with van der Waals surface area (Å²) in [7, 11) is 1.95. The van der Waals surface area contributed by atoms with Crippen LogP contribution < -0.4 is 0 Å². The van der Waals surface area contributed by atoms with Gasteiger partial charge in [-0.1, -0.05) is 43.7 Å². The van der Waals surface area contributed by atoms with Crippen LogP contribution in [-0.2, 0) is 24.9 Å². The zero-order chi connectivity index (χ0) is 22.9. The van der Waals surface area contributed by atoms with Crippen LogP contribution in [0.3, 0.4) is 0 Å². The van der Waals surface area contributed by atoms with Crippen molar-refractivity contribution in [1.29, 1.82) is 0 Å². The Morgan fingerprint density at radius 3 is 2.25 bits per heavy atom. The first-order valence-electron chi connectivity index (χ1n) is 10.9. The summed E-state index contributed by atoms with van der Waals surface area (Å²) < 4.78 is 15.3. The van der Waals surface area contributed by atoms with Gasteiger partial charge in [0, 0.05) is 37.6 Å². The van der Waals surface area contributed by atoms with Gasteiger partial charge >= 0.3 is 0 Å². The smallest absolute Gasteiger partial charge is 0.254 e. The minimum absolute atomic E-state index is 0.0204. The lowest BCUT2D eigenvalue weighted by molar-refractivity contribution is -0.133. The van der Waals surface area contributed by atoms with E-state index in [1.165, 1.54) is 24.3 Å². The second-order valence-corrected chi connectivity index (χ2v) is 7.93. The maximum absolute atomic E-state index is 13.4. The molecule has 3 rings (SSSR count). The molecule has 0 atom stereocenters. The molecule has 2 amide bonds. The second-order valence-electron chi connectivity index (χ2n) is 7.93. The summed E-state index contributed by atoms with van der Waals surface area (Å²) in [5.74, 6) is -0.777. The fourth-order valence-corrected chi connectivity index (χ4v) is 3.53. The molecule has 0 saturated carbocycles. The number of benzene rings is 2. The molecule has 0 saturated heterocycles. The van der Waals surface area contributed by atoms with Crippen molar-refractivity contribution in [3.05, 3.63) is 95.6 Å². The SMILES string of the molecule is CCCCN(CC(=O)N(Cc1ccccc1)Cc1cccn1C)C(=O)c1ccc(F)cc1. The van der Waals surface area contributed by atoms with E-state index in [-0.39, 0.29) is 18.4 Å². The van der Waals surface area contributed by atoms with Crippen LogP contribution in [0.4, 0.5) is 4.39 Å². The van der Waals surface area contributed by atoms with Crippen LogP contribution in [0.5, 0.6) is 0 Å². The van der Waals surface area contributed by atoms with Crippen molar-refractivity contribution in [2.45, 2.75) is 32.9 Å². The Kier molecular flexibility index (Phi) is 8.20. The maximum Gasteiger partial charge on any atom is 0.254 e. The Morgan fingerprint density at radius 2 is 1.62 bits per heavy atom. The molecule has 3 aromatic rings. The molecule has 5 nitrogen and oxygen atoms in total. The van der Waals surface area contributed by atoms with Gasteiger partial charge < -0.3 is 14.4 Å². The van der Waals surface area contributed by atoms with Crippen LogP contribution in [0.2, 0.25) is 0 Å². The second kappa shape index (κ2) is 11.3. The molecule has 0 radical (unpaired) electrons. The normalized spacial score (nSPS) is 10.7. The van der Waals surface area contributed by atoms with Crippen LogP contribution >= 0.6 is 0 Å². The topological polar surface area (TPSA) is 45.6 Å². The highest BCUT2D eigenvalue weighted by atomic mass is 19.1. The van der Waals surface area contributed by atoms with Gasteiger partial charge in [-0.2, -0.15) is 0 Å². The molecule has 1 aromatic heterocycles. The number of hydrogen-bond acceptors (Lipinski definition) is 2. The fraction of sp³-hybridized carbons (Fsp3) is 0.308. The Hall–Kier alpha value is -3.41. The van der Waals surface area contributed by atoms with Crippen LogP contribution in [0.1, 0.15) is 41.4 Å². The summed E-state index contributed by atoms with van der Waals surface area (Å²) in [4.78, 5) is 29.8. The molecule has 0 aliphatic heterocycles. The van der Waals surface area contributed by atoms with Crippen molar-refractivity contribution in [3.8, 4) is 0 Å². The molecule has 0 spiro atoms. The van der Waals surface area contributed by atoms with Crippen LogP contribution in [-0.4, -0.2) is 39.3 Å². The van der Waals surface area contributed by atoms with E-state index in [9.17, 15) is 14.0 Å². The summed E-state index contributed by atoms with van der Waals surface area (Å²) in [6.07, 6.45) is 3.64. The minimum atomic E-state index is -0.394. The average Bonchev–Trinajstić information content (AvgIpc) is 3.21. The maximum atomic E-state index is 13.4. The van der Waals surface area contributed by atoms with E-state index >= 15 is 0 Å². The number of carbonyl (C=O) groups excluding carboxylic acids is 2. The third-order valence-electron chi connectivity index (χ3n) is 5.46. The van der Waals surface area contributed by atoms with E-state index in [2.05, 4.69) is 0 Å². The lowest BCUT2D eigenvalue weighted by Gasteiger charge is -2.28. The molecule has 0 aliphatic rings. The number of halogens is 1. The summed E-state index contributed by atoms with van der Waals surface area (Å²) in [6.45, 7) is 3.40. The molecule has 0 bridgehead atoms. The Bertz CT molecular complexity index is 1020. The van der Waals surface area contributed by atoms with Gasteiger partial charge in [-0.25, -0.2) is 4.39 Å². The van der Waals surface area contributed by atoms with Crippen molar-refractivity contribution in [2.24, 2.45) is 7.05 Å². The predicted octanol–water partition coefficient (Wildman–Crippen LogP) is 4.64. The molecule has 0 N–H and O–H groups in total. The lowest BCUT2D eigenvalue weighted by atomic mass is 10.1. The summed E-state index contributed by atoms with van der Waals surface area (Å²) >= 11 is 0. The molecule has 0 unspecified atom stereocenters. The van der Waals surface area contributed by atoms with E-state index in [4.69, 9.17) is 0 Å². The van der Waals surface area contributed by atoms with Gasteiger partial charge in [0.2, 0.25) is 5.91 Å². The molecule has 168 valence electrons. The number of aryl methyl sites for hydroxylation is 1. The van der Waals surface area contributed by atoms with Gasteiger partial charge in [0.05, 0.1) is 6.54 Å². The summed E-state index contributed by atoms with van der Waals surface area (Å²) in [5.41, 5.74) is 2.42. The van der Waals surface area contributed by atoms with Gasteiger partial charge in [0.25, 0.3) is 5.91 Å². The first kappa shape index (κ1) is 23.3. The van der Waals surface area contributed by atoms with Gasteiger partial charge in [-0.3, -0.25) is 9.59 Å². The highest BCUT2D eigenvalue weighted by Crippen LogP contribution is 2.14. The quantitative estimate of drug-likeness (QED) is 0.466. The number of amides is 2. The van der Waals surface area contributed by atoms with Crippen LogP contribution in [0.15, 0.2) is 72.9 Å². The molecule has 32 heavy (non-hydrogen) atoms. The lowest BCUT2D eigenvalue weighted by Crippen LogP contribution is -2.43. The fourth-order valence-electron chi connectivity index (χ4n) is 3.53. The Morgan fingerprint density at radius 1 is 0.906 bits per heavy atom. The zero-order valence-corrected chi connectivity index (χ0v) is 18.7. The van der Waals surface area contributed by atoms with Gasteiger partial charge in [-0.05, 0) is 48.4 Å². The van der Waals surface area contributed by atoms with Gasteiger partial charge in [0.1, 0.15) is 12.4 Å². The van der Waals surface area contributed by atoms with E-state index in [1.54, 1.807) is 9.80 Å². The molecule has 6 heteroatoms. The highest BCUT2D eigenvalue weighted by Gasteiger charge is 2.23. The summed E-state index contributed by atoms with van der Waals surface area (Å²) in [6, 6.07) is 19.2. The molecular weight excluding hydrogens is 405 g/mol. The molecular formula is C26H30FN3O2.